The highest BCUT2D eigenvalue weighted by molar-refractivity contribution is 5.37. The molecule has 150 valence electrons. The van der Waals surface area contributed by atoms with Crippen LogP contribution in [0.5, 0.6) is 0 Å². The molecule has 5 nitrogen and oxygen atoms in total. The second-order valence-electron chi connectivity index (χ2n) is 8.10. The summed E-state index contributed by atoms with van der Waals surface area (Å²) in [5.41, 5.74) is 7.49. The van der Waals surface area contributed by atoms with E-state index in [0.29, 0.717) is 18.4 Å². The fourth-order valence-corrected chi connectivity index (χ4v) is 4.48. The molecule has 1 aliphatic heterocycles. The highest BCUT2D eigenvalue weighted by Crippen LogP contribution is 2.34. The zero-order valence-corrected chi connectivity index (χ0v) is 16.2. The molecule has 2 N–H and O–H groups in total. The Kier molecular flexibility index (Phi) is 6.17. The maximum Gasteiger partial charge on any atom is 0.151 e. The van der Waals surface area contributed by atoms with Gasteiger partial charge in [0.15, 0.2) is 5.82 Å². The summed E-state index contributed by atoms with van der Waals surface area (Å²) < 4.78 is 19.7. The predicted octanol–water partition coefficient (Wildman–Crippen LogP) is 3.51. The van der Waals surface area contributed by atoms with Gasteiger partial charge in [-0.15, -0.1) is 5.10 Å². The van der Waals surface area contributed by atoms with Crippen LogP contribution in [-0.2, 0) is 4.74 Å². The molecule has 0 spiro atoms. The number of hydrogen-bond acceptors (Lipinski definition) is 5. The third-order valence-electron chi connectivity index (χ3n) is 6.22. The predicted molar refractivity (Wildman–Crippen MR) is 108 cm³/mol. The number of nitrogens with zero attached hydrogens (tertiary/aromatic N) is 3. The molecule has 0 amide bonds. The van der Waals surface area contributed by atoms with E-state index in [9.17, 15) is 4.39 Å². The summed E-state index contributed by atoms with van der Waals surface area (Å²) in [4.78, 5) is 2.26. The lowest BCUT2D eigenvalue weighted by Crippen LogP contribution is -2.49. The van der Waals surface area contributed by atoms with Crippen LogP contribution in [0.25, 0.3) is 0 Å². The largest absolute Gasteiger partial charge is 0.378 e. The van der Waals surface area contributed by atoms with Crippen molar-refractivity contribution in [1.82, 2.24) is 10.2 Å². The number of rotatable bonds is 5. The van der Waals surface area contributed by atoms with Gasteiger partial charge in [0.25, 0.3) is 0 Å². The molecule has 2 aliphatic rings. The van der Waals surface area contributed by atoms with Crippen molar-refractivity contribution >= 4 is 5.82 Å². The normalized spacial score (nSPS) is 28.3. The van der Waals surface area contributed by atoms with Crippen LogP contribution in [0, 0.1) is 11.7 Å². The zero-order valence-electron chi connectivity index (χ0n) is 16.2. The van der Waals surface area contributed by atoms with Gasteiger partial charge in [-0.05, 0) is 67.9 Å². The van der Waals surface area contributed by atoms with E-state index in [1.165, 1.54) is 6.07 Å². The Morgan fingerprint density at radius 3 is 2.71 bits per heavy atom. The maximum absolute atomic E-state index is 13.5. The first-order valence-electron chi connectivity index (χ1n) is 10.3. The molecule has 1 saturated heterocycles. The van der Waals surface area contributed by atoms with Gasteiger partial charge in [-0.25, -0.2) is 4.39 Å². The number of aromatic nitrogens is 2. The van der Waals surface area contributed by atoms with Crippen molar-refractivity contribution < 1.29 is 9.13 Å². The Morgan fingerprint density at radius 2 is 1.96 bits per heavy atom. The average molecular weight is 384 g/mol. The highest BCUT2D eigenvalue weighted by atomic mass is 19.1. The van der Waals surface area contributed by atoms with Crippen LogP contribution in [0.2, 0.25) is 0 Å². The van der Waals surface area contributed by atoms with Gasteiger partial charge in [0.2, 0.25) is 0 Å². The first kappa shape index (κ1) is 19.3. The third kappa shape index (κ3) is 4.67. The molecule has 2 heterocycles. The number of piperidine rings is 1. The van der Waals surface area contributed by atoms with Crippen LogP contribution in [0.15, 0.2) is 42.6 Å². The lowest BCUT2D eigenvalue weighted by molar-refractivity contribution is -0.00103. The van der Waals surface area contributed by atoms with Crippen LogP contribution in [0.1, 0.15) is 43.6 Å². The molecule has 1 aliphatic carbocycles. The Hall–Kier alpha value is -2.05. The minimum absolute atomic E-state index is 0.144. The van der Waals surface area contributed by atoms with Crippen molar-refractivity contribution in [1.29, 1.82) is 0 Å². The van der Waals surface area contributed by atoms with Crippen LogP contribution >= 0.6 is 0 Å². The number of anilines is 1. The molecule has 2 fully saturated rings. The summed E-state index contributed by atoms with van der Waals surface area (Å²) in [7, 11) is 0. The lowest BCUT2D eigenvalue weighted by Gasteiger charge is -2.38. The highest BCUT2D eigenvalue weighted by Gasteiger charge is 2.30. The Labute approximate surface area is 166 Å². The number of halogens is 1. The third-order valence-corrected chi connectivity index (χ3v) is 6.22. The standard InChI is InChI=1S/C22H29FN4O/c23-19-4-1-3-17(13-19)16-6-8-20(9-7-16)28-15-18-14-27(12-10-21(18)24)22-5-2-11-25-26-22/h1-5,11,13,16,18,20-21H,6-10,12,14-15,24H2/t16?,18-,20?,21-/m0/s1. The van der Waals surface area contributed by atoms with E-state index < -0.39 is 0 Å². The molecular formula is C22H29FN4O. The Bertz CT molecular complexity index is 751. The molecule has 0 bridgehead atoms. The molecular weight excluding hydrogens is 355 g/mol. The van der Waals surface area contributed by atoms with Crippen LogP contribution in [0.3, 0.4) is 0 Å². The zero-order chi connectivity index (χ0) is 19.3. The minimum atomic E-state index is -0.144. The minimum Gasteiger partial charge on any atom is -0.378 e. The van der Waals surface area contributed by atoms with Gasteiger partial charge in [0, 0.05) is 31.2 Å². The topological polar surface area (TPSA) is 64.3 Å². The van der Waals surface area contributed by atoms with Crippen molar-refractivity contribution in [2.24, 2.45) is 11.7 Å². The van der Waals surface area contributed by atoms with Crippen molar-refractivity contribution in [3.05, 3.63) is 54.0 Å². The van der Waals surface area contributed by atoms with Crippen molar-refractivity contribution in [3.63, 3.8) is 0 Å². The number of nitrogens with two attached hydrogens (primary N) is 1. The van der Waals surface area contributed by atoms with Crippen molar-refractivity contribution in [2.45, 2.75) is 50.2 Å². The summed E-state index contributed by atoms with van der Waals surface area (Å²) in [6, 6.07) is 11.1. The quantitative estimate of drug-likeness (QED) is 0.855. The summed E-state index contributed by atoms with van der Waals surface area (Å²) in [6.45, 7) is 2.46. The Balaban J connectivity index is 1.26. The lowest BCUT2D eigenvalue weighted by atomic mass is 9.82. The number of benzene rings is 1. The molecule has 0 radical (unpaired) electrons. The molecule has 1 saturated carbocycles. The van der Waals surface area contributed by atoms with Gasteiger partial charge in [0.05, 0.1) is 12.7 Å². The molecule has 28 heavy (non-hydrogen) atoms. The van der Waals surface area contributed by atoms with E-state index in [1.54, 1.807) is 18.3 Å². The molecule has 0 unspecified atom stereocenters. The average Bonchev–Trinajstić information content (AvgIpc) is 2.74. The summed E-state index contributed by atoms with van der Waals surface area (Å²) >= 11 is 0. The van der Waals surface area contributed by atoms with Crippen molar-refractivity contribution in [2.75, 3.05) is 24.6 Å². The van der Waals surface area contributed by atoms with E-state index in [1.807, 2.05) is 18.2 Å². The van der Waals surface area contributed by atoms with Gasteiger partial charge < -0.3 is 15.4 Å². The monoisotopic (exact) mass is 384 g/mol. The van der Waals surface area contributed by atoms with E-state index in [2.05, 4.69) is 15.1 Å². The fourth-order valence-electron chi connectivity index (χ4n) is 4.48. The maximum atomic E-state index is 13.5. The second kappa shape index (κ2) is 8.97. The first-order valence-corrected chi connectivity index (χ1v) is 10.3. The van der Waals surface area contributed by atoms with Gasteiger partial charge in [-0.2, -0.15) is 5.10 Å². The summed E-state index contributed by atoms with van der Waals surface area (Å²) in [6.07, 6.45) is 7.07. The molecule has 4 rings (SSSR count). The fraction of sp³-hybridized carbons (Fsp3) is 0.545. The molecule has 2 atom stereocenters. The number of hydrogen-bond donors (Lipinski definition) is 1. The van der Waals surface area contributed by atoms with E-state index >= 15 is 0 Å². The molecule has 1 aromatic heterocycles. The first-order chi connectivity index (χ1) is 13.7. The van der Waals surface area contributed by atoms with E-state index in [-0.39, 0.29) is 18.0 Å². The molecule has 2 aromatic rings. The van der Waals surface area contributed by atoms with Crippen molar-refractivity contribution in [3.8, 4) is 0 Å². The van der Waals surface area contributed by atoms with Gasteiger partial charge in [0.1, 0.15) is 5.82 Å². The smallest absolute Gasteiger partial charge is 0.151 e. The van der Waals surface area contributed by atoms with Gasteiger partial charge in [-0.1, -0.05) is 12.1 Å². The van der Waals surface area contributed by atoms with Gasteiger partial charge in [-0.3, -0.25) is 0 Å². The Morgan fingerprint density at radius 1 is 1.11 bits per heavy atom. The SMILES string of the molecule is N[C@H]1CCN(c2cccnn2)C[C@H]1COC1CCC(c2cccc(F)c2)CC1. The molecule has 1 aromatic carbocycles. The summed E-state index contributed by atoms with van der Waals surface area (Å²) in [5.74, 6) is 1.51. The van der Waals surface area contributed by atoms with E-state index in [0.717, 1.165) is 56.6 Å². The van der Waals surface area contributed by atoms with Crippen LogP contribution < -0.4 is 10.6 Å². The van der Waals surface area contributed by atoms with E-state index in [4.69, 9.17) is 10.5 Å². The molecule has 6 heteroatoms. The van der Waals surface area contributed by atoms with Gasteiger partial charge >= 0.3 is 0 Å². The van der Waals surface area contributed by atoms with Crippen LogP contribution in [-0.4, -0.2) is 42.0 Å². The summed E-state index contributed by atoms with van der Waals surface area (Å²) in [5, 5.41) is 8.21. The number of ether oxygens (including phenoxy) is 1. The van der Waals surface area contributed by atoms with Crippen LogP contribution in [0.4, 0.5) is 10.2 Å². The second-order valence-corrected chi connectivity index (χ2v) is 8.10.